The van der Waals surface area contributed by atoms with Gasteiger partial charge < -0.3 is 19.7 Å². The maximum Gasteiger partial charge on any atom is 0.244 e. The Bertz CT molecular complexity index is 1290. The zero-order valence-electron chi connectivity index (χ0n) is 22.6. The van der Waals surface area contributed by atoms with Gasteiger partial charge in [0.1, 0.15) is 25.8 Å². The van der Waals surface area contributed by atoms with Crippen LogP contribution in [0, 0.1) is 5.92 Å². The summed E-state index contributed by atoms with van der Waals surface area (Å²) in [6.45, 7) is 7.94. The number of rotatable bonds is 12. The zero-order chi connectivity index (χ0) is 28.7. The molecule has 214 valence electrons. The quantitative estimate of drug-likeness (QED) is 0.385. The van der Waals surface area contributed by atoms with E-state index in [9.17, 15) is 18.0 Å². The number of benzene rings is 2. The highest BCUT2D eigenvalue weighted by molar-refractivity contribution is 7.92. The van der Waals surface area contributed by atoms with Crippen molar-refractivity contribution in [2.45, 2.75) is 46.7 Å². The van der Waals surface area contributed by atoms with Crippen molar-refractivity contribution < 1.29 is 27.5 Å². The number of hydrogen-bond donors (Lipinski definition) is 1. The second-order valence-electron chi connectivity index (χ2n) is 9.57. The fourth-order valence-corrected chi connectivity index (χ4v) is 5.46. The van der Waals surface area contributed by atoms with Crippen molar-refractivity contribution in [1.82, 2.24) is 10.2 Å². The van der Waals surface area contributed by atoms with Gasteiger partial charge in [0, 0.05) is 19.2 Å². The number of amides is 2. The highest BCUT2D eigenvalue weighted by Gasteiger charge is 2.33. The van der Waals surface area contributed by atoms with Gasteiger partial charge in [0.2, 0.25) is 21.8 Å². The Morgan fingerprint density at radius 3 is 2.31 bits per heavy atom. The van der Waals surface area contributed by atoms with Crippen molar-refractivity contribution in [2.75, 3.05) is 36.4 Å². The van der Waals surface area contributed by atoms with Gasteiger partial charge in [0.25, 0.3) is 0 Å². The van der Waals surface area contributed by atoms with Gasteiger partial charge in [-0.3, -0.25) is 13.9 Å². The topological polar surface area (TPSA) is 105 Å². The summed E-state index contributed by atoms with van der Waals surface area (Å²) in [5.41, 5.74) is 0.915. The predicted octanol–water partition coefficient (Wildman–Crippen LogP) is 4.50. The molecule has 0 spiro atoms. The van der Waals surface area contributed by atoms with Crippen LogP contribution in [0.25, 0.3) is 0 Å². The Balaban J connectivity index is 1.98. The first-order chi connectivity index (χ1) is 18.5. The molecular formula is C27H35Cl2N3O6S. The minimum absolute atomic E-state index is 0.0322. The summed E-state index contributed by atoms with van der Waals surface area (Å²) in [4.78, 5) is 28.5. The van der Waals surface area contributed by atoms with E-state index >= 15 is 0 Å². The lowest BCUT2D eigenvalue weighted by atomic mass is 10.1. The molecule has 0 aliphatic carbocycles. The Morgan fingerprint density at radius 2 is 1.69 bits per heavy atom. The average Bonchev–Trinajstić information content (AvgIpc) is 2.91. The lowest BCUT2D eigenvalue weighted by Crippen LogP contribution is -2.52. The normalized spacial score (nSPS) is 13.6. The Kier molecular flexibility index (Phi) is 10.7. The van der Waals surface area contributed by atoms with Crippen LogP contribution < -0.4 is 19.1 Å². The number of anilines is 1. The fraction of sp³-hybridized carbons (Fsp3) is 0.481. The molecule has 1 N–H and O–H groups in total. The number of carbonyl (C=O) groups excluding carboxylic acids is 2. The molecular weight excluding hydrogens is 565 g/mol. The van der Waals surface area contributed by atoms with Crippen LogP contribution in [-0.4, -0.2) is 63.2 Å². The van der Waals surface area contributed by atoms with E-state index in [-0.39, 0.29) is 29.8 Å². The van der Waals surface area contributed by atoms with E-state index in [2.05, 4.69) is 5.32 Å². The third kappa shape index (κ3) is 7.93. The largest absolute Gasteiger partial charge is 0.486 e. The van der Waals surface area contributed by atoms with E-state index in [1.54, 1.807) is 43.3 Å². The van der Waals surface area contributed by atoms with Crippen molar-refractivity contribution in [3.63, 3.8) is 0 Å². The summed E-state index contributed by atoms with van der Waals surface area (Å²) in [5.74, 6) is 0.0246. The molecule has 0 radical (unpaired) electrons. The summed E-state index contributed by atoms with van der Waals surface area (Å²) in [6, 6.07) is 8.87. The molecule has 3 rings (SSSR count). The first-order valence-corrected chi connectivity index (χ1v) is 15.2. The lowest BCUT2D eigenvalue weighted by Gasteiger charge is -2.33. The van der Waals surface area contributed by atoms with E-state index in [4.69, 9.17) is 32.7 Å². The molecule has 9 nitrogen and oxygen atoms in total. The number of sulfonamides is 1. The van der Waals surface area contributed by atoms with Gasteiger partial charge in [0.05, 0.1) is 21.5 Å². The average molecular weight is 601 g/mol. The molecule has 0 fully saturated rings. The molecule has 12 heteroatoms. The molecule has 0 saturated carbocycles. The van der Waals surface area contributed by atoms with Gasteiger partial charge in [-0.25, -0.2) is 8.42 Å². The first-order valence-electron chi connectivity index (χ1n) is 12.9. The minimum atomic E-state index is -3.88. The van der Waals surface area contributed by atoms with Crippen LogP contribution in [0.4, 0.5) is 5.69 Å². The molecule has 39 heavy (non-hydrogen) atoms. The molecule has 1 heterocycles. The standard InChI is InChI=1S/C27H35Cl2N3O6S/c1-5-23(27(34)30-15-18(3)4)31(16-19-7-9-21(28)22(29)13-19)26(33)17-32(39(35,36)6-2)20-8-10-24-25(14-20)38-12-11-37-24/h7-10,13-14,18,23H,5-6,11-12,15-17H2,1-4H3,(H,30,34)/t23-/m0/s1. The lowest BCUT2D eigenvalue weighted by molar-refractivity contribution is -0.140. The third-order valence-electron chi connectivity index (χ3n) is 6.20. The maximum atomic E-state index is 13.9. The predicted molar refractivity (Wildman–Crippen MR) is 153 cm³/mol. The van der Waals surface area contributed by atoms with Gasteiger partial charge in [-0.1, -0.05) is 50.0 Å². The summed E-state index contributed by atoms with van der Waals surface area (Å²) in [7, 11) is -3.88. The molecule has 0 unspecified atom stereocenters. The second-order valence-corrected chi connectivity index (χ2v) is 12.6. The molecule has 0 saturated heterocycles. The van der Waals surface area contributed by atoms with Crippen LogP contribution >= 0.6 is 23.2 Å². The Labute approximate surface area is 240 Å². The Morgan fingerprint density at radius 1 is 1.00 bits per heavy atom. The molecule has 1 atom stereocenters. The minimum Gasteiger partial charge on any atom is -0.486 e. The van der Waals surface area contributed by atoms with Crippen LogP contribution in [-0.2, 0) is 26.2 Å². The Hall–Kier alpha value is -2.69. The number of fused-ring (bicyclic) bond motifs is 1. The monoisotopic (exact) mass is 599 g/mol. The van der Waals surface area contributed by atoms with Crippen LogP contribution in [0.15, 0.2) is 36.4 Å². The van der Waals surface area contributed by atoms with Crippen LogP contribution in [0.3, 0.4) is 0 Å². The summed E-state index contributed by atoms with van der Waals surface area (Å²) >= 11 is 12.3. The van der Waals surface area contributed by atoms with E-state index < -0.39 is 28.5 Å². The van der Waals surface area contributed by atoms with Crippen LogP contribution in [0.2, 0.25) is 10.0 Å². The van der Waals surface area contributed by atoms with Crippen LogP contribution in [0.1, 0.15) is 39.7 Å². The molecule has 2 amide bonds. The number of nitrogens with one attached hydrogen (secondary N) is 1. The fourth-order valence-electron chi connectivity index (χ4n) is 4.08. The molecule has 2 aromatic carbocycles. The van der Waals surface area contributed by atoms with E-state index in [1.807, 2.05) is 13.8 Å². The highest BCUT2D eigenvalue weighted by atomic mass is 35.5. The number of nitrogens with zero attached hydrogens (tertiary/aromatic N) is 2. The highest BCUT2D eigenvalue weighted by Crippen LogP contribution is 2.35. The number of hydrogen-bond acceptors (Lipinski definition) is 6. The van der Waals surface area contributed by atoms with Crippen molar-refractivity contribution in [1.29, 1.82) is 0 Å². The van der Waals surface area contributed by atoms with E-state index in [0.29, 0.717) is 53.3 Å². The molecule has 0 bridgehead atoms. The molecule has 1 aliphatic rings. The summed E-state index contributed by atoms with van der Waals surface area (Å²) in [6.07, 6.45) is 0.321. The van der Waals surface area contributed by atoms with Gasteiger partial charge in [-0.15, -0.1) is 0 Å². The van der Waals surface area contributed by atoms with Gasteiger partial charge in [-0.2, -0.15) is 0 Å². The summed E-state index contributed by atoms with van der Waals surface area (Å²) < 4.78 is 38.6. The number of ether oxygens (including phenoxy) is 2. The summed E-state index contributed by atoms with van der Waals surface area (Å²) in [5, 5.41) is 3.56. The van der Waals surface area contributed by atoms with Crippen molar-refractivity contribution in [2.24, 2.45) is 5.92 Å². The number of halogens is 2. The van der Waals surface area contributed by atoms with Crippen LogP contribution in [0.5, 0.6) is 11.5 Å². The van der Waals surface area contributed by atoms with E-state index in [0.717, 1.165) is 4.31 Å². The van der Waals surface area contributed by atoms with Crippen molar-refractivity contribution in [3.8, 4) is 11.5 Å². The third-order valence-corrected chi connectivity index (χ3v) is 8.68. The molecule has 0 aromatic heterocycles. The maximum absolute atomic E-state index is 13.9. The second kappa shape index (κ2) is 13.6. The molecule has 1 aliphatic heterocycles. The first kappa shape index (κ1) is 30.8. The zero-order valence-corrected chi connectivity index (χ0v) is 24.9. The number of carbonyl (C=O) groups is 2. The van der Waals surface area contributed by atoms with Gasteiger partial charge in [0.15, 0.2) is 11.5 Å². The molecule has 2 aromatic rings. The van der Waals surface area contributed by atoms with Gasteiger partial charge in [-0.05, 0) is 49.1 Å². The van der Waals surface area contributed by atoms with Gasteiger partial charge >= 0.3 is 0 Å². The SMILES string of the molecule is CC[C@@H](C(=O)NCC(C)C)N(Cc1ccc(Cl)c(Cl)c1)C(=O)CN(c1ccc2c(c1)OCCO2)S(=O)(=O)CC. The van der Waals surface area contributed by atoms with Crippen molar-refractivity contribution >= 4 is 50.7 Å². The smallest absolute Gasteiger partial charge is 0.244 e. The van der Waals surface area contributed by atoms with E-state index in [1.165, 1.54) is 11.8 Å². The van der Waals surface area contributed by atoms with Crippen molar-refractivity contribution in [3.05, 3.63) is 52.0 Å².